The van der Waals surface area contributed by atoms with Crippen LogP contribution in [-0.4, -0.2) is 18.4 Å². The zero-order valence-corrected chi connectivity index (χ0v) is 15.7. The fourth-order valence-corrected chi connectivity index (χ4v) is 3.00. The van der Waals surface area contributed by atoms with Gasteiger partial charge in [-0.2, -0.15) is 0 Å². The maximum atomic E-state index is 12.2. The Hall–Kier alpha value is -2.14. The number of nitrogens with one attached hydrogen (secondary N) is 1. The molecule has 0 fully saturated rings. The van der Waals surface area contributed by atoms with Crippen molar-refractivity contribution in [1.29, 1.82) is 0 Å². The van der Waals surface area contributed by atoms with Crippen molar-refractivity contribution >= 4 is 39.1 Å². The van der Waals surface area contributed by atoms with Crippen molar-refractivity contribution in [3.8, 4) is 0 Å². The van der Waals surface area contributed by atoms with Crippen molar-refractivity contribution in [2.24, 2.45) is 0 Å². The Morgan fingerprint density at radius 2 is 1.79 bits per heavy atom. The molecule has 0 aliphatic rings. The topological polar surface area (TPSA) is 49.4 Å². The van der Waals surface area contributed by atoms with E-state index in [1.807, 2.05) is 56.3 Å². The predicted octanol–water partition coefficient (Wildman–Crippen LogP) is 4.45. The quantitative estimate of drug-likeness (QED) is 0.822. The van der Waals surface area contributed by atoms with Crippen LogP contribution >= 0.6 is 15.9 Å². The minimum absolute atomic E-state index is 0.0788. The molecule has 0 spiro atoms. The van der Waals surface area contributed by atoms with Crippen LogP contribution in [0.5, 0.6) is 0 Å². The number of nitrogens with zero attached hydrogens (tertiary/aromatic N) is 1. The average Bonchev–Trinajstić information content (AvgIpc) is 2.50. The molecule has 2 aromatic rings. The van der Waals surface area contributed by atoms with Gasteiger partial charge in [0.2, 0.25) is 11.8 Å². The average molecular weight is 389 g/mol. The Labute approximate surface area is 151 Å². The van der Waals surface area contributed by atoms with Crippen molar-refractivity contribution in [2.45, 2.75) is 27.2 Å². The van der Waals surface area contributed by atoms with Crippen LogP contribution in [0, 0.1) is 13.8 Å². The summed E-state index contributed by atoms with van der Waals surface area (Å²) in [6, 6.07) is 13.5. The van der Waals surface area contributed by atoms with E-state index in [9.17, 15) is 9.59 Å². The highest BCUT2D eigenvalue weighted by Gasteiger charge is 2.14. The molecular formula is C19H21BrN2O2. The van der Waals surface area contributed by atoms with Gasteiger partial charge in [0, 0.05) is 30.0 Å². The highest BCUT2D eigenvalue weighted by Crippen LogP contribution is 2.23. The van der Waals surface area contributed by atoms with Crippen molar-refractivity contribution in [3.05, 3.63) is 58.1 Å². The molecule has 0 atom stereocenters. The number of benzene rings is 2. The van der Waals surface area contributed by atoms with Gasteiger partial charge in [0.15, 0.2) is 0 Å². The molecule has 2 rings (SSSR count). The van der Waals surface area contributed by atoms with Gasteiger partial charge >= 0.3 is 0 Å². The lowest BCUT2D eigenvalue weighted by atomic mass is 10.2. The Balaban J connectivity index is 2.01. The summed E-state index contributed by atoms with van der Waals surface area (Å²) >= 11 is 3.44. The third kappa shape index (κ3) is 4.93. The lowest BCUT2D eigenvalue weighted by Gasteiger charge is -2.21. The van der Waals surface area contributed by atoms with Crippen LogP contribution in [0.15, 0.2) is 46.9 Å². The van der Waals surface area contributed by atoms with Gasteiger partial charge in [-0.1, -0.05) is 18.2 Å². The maximum absolute atomic E-state index is 12.2. The van der Waals surface area contributed by atoms with Crippen LogP contribution in [0.2, 0.25) is 0 Å². The molecule has 0 radical (unpaired) electrons. The summed E-state index contributed by atoms with van der Waals surface area (Å²) < 4.78 is 0.845. The Morgan fingerprint density at radius 1 is 1.08 bits per heavy atom. The van der Waals surface area contributed by atoms with Gasteiger partial charge in [-0.25, -0.2) is 0 Å². The van der Waals surface area contributed by atoms with Crippen LogP contribution in [0.25, 0.3) is 0 Å². The fraction of sp³-hybridized carbons (Fsp3) is 0.263. The van der Waals surface area contributed by atoms with Crippen molar-refractivity contribution in [1.82, 2.24) is 0 Å². The molecule has 0 saturated carbocycles. The van der Waals surface area contributed by atoms with E-state index < -0.39 is 0 Å². The normalized spacial score (nSPS) is 10.3. The summed E-state index contributed by atoms with van der Waals surface area (Å²) in [4.78, 5) is 25.7. The van der Waals surface area contributed by atoms with Gasteiger partial charge in [0.05, 0.1) is 5.69 Å². The Kier molecular flexibility index (Phi) is 6.15. The third-order valence-corrected chi connectivity index (χ3v) is 4.31. The summed E-state index contributed by atoms with van der Waals surface area (Å²) in [6.45, 7) is 5.82. The summed E-state index contributed by atoms with van der Waals surface area (Å²) in [6.07, 6.45) is 0.230. The van der Waals surface area contributed by atoms with Crippen molar-refractivity contribution in [2.75, 3.05) is 16.8 Å². The smallest absolute Gasteiger partial charge is 0.226 e. The monoisotopic (exact) mass is 388 g/mol. The first-order valence-corrected chi connectivity index (χ1v) is 8.57. The van der Waals surface area contributed by atoms with Gasteiger partial charge in [-0.3, -0.25) is 9.59 Å². The number of halogens is 1. The van der Waals surface area contributed by atoms with E-state index >= 15 is 0 Å². The first kappa shape index (κ1) is 18.2. The van der Waals surface area contributed by atoms with E-state index in [0.29, 0.717) is 6.54 Å². The molecule has 0 heterocycles. The van der Waals surface area contributed by atoms with E-state index in [0.717, 1.165) is 27.0 Å². The molecule has 2 amide bonds. The van der Waals surface area contributed by atoms with E-state index in [1.54, 1.807) is 4.90 Å². The van der Waals surface area contributed by atoms with Crippen molar-refractivity contribution < 1.29 is 9.59 Å². The van der Waals surface area contributed by atoms with Crippen LogP contribution in [0.3, 0.4) is 0 Å². The molecule has 5 heteroatoms. The lowest BCUT2D eigenvalue weighted by molar-refractivity contribution is -0.117. The van der Waals surface area contributed by atoms with Gasteiger partial charge in [0.1, 0.15) is 0 Å². The SMILES string of the molecule is CC(=O)N(CCC(=O)Nc1ccc(C)cc1Br)c1cccc(C)c1. The fourth-order valence-electron chi connectivity index (χ4n) is 2.41. The first-order valence-electron chi connectivity index (χ1n) is 7.77. The maximum Gasteiger partial charge on any atom is 0.226 e. The molecule has 0 aromatic heterocycles. The van der Waals surface area contributed by atoms with Crippen LogP contribution in [0.4, 0.5) is 11.4 Å². The van der Waals surface area contributed by atoms with E-state index in [2.05, 4.69) is 21.2 Å². The largest absolute Gasteiger partial charge is 0.325 e. The molecule has 0 saturated heterocycles. The molecular weight excluding hydrogens is 368 g/mol. The molecule has 0 unspecified atom stereocenters. The second kappa shape index (κ2) is 8.11. The second-order valence-corrected chi connectivity index (χ2v) is 6.65. The van der Waals surface area contributed by atoms with Gasteiger partial charge in [0.25, 0.3) is 0 Å². The number of hydrogen-bond donors (Lipinski definition) is 1. The van der Waals surface area contributed by atoms with Gasteiger partial charge < -0.3 is 10.2 Å². The van der Waals surface area contributed by atoms with Gasteiger partial charge in [-0.05, 0) is 65.2 Å². The number of hydrogen-bond acceptors (Lipinski definition) is 2. The molecule has 126 valence electrons. The Morgan fingerprint density at radius 3 is 2.42 bits per heavy atom. The Bertz CT molecular complexity index is 759. The number of aryl methyl sites for hydroxylation is 2. The highest BCUT2D eigenvalue weighted by atomic mass is 79.9. The molecule has 24 heavy (non-hydrogen) atoms. The van der Waals surface area contributed by atoms with Crippen LogP contribution in [0.1, 0.15) is 24.5 Å². The second-order valence-electron chi connectivity index (χ2n) is 5.79. The zero-order valence-electron chi connectivity index (χ0n) is 14.1. The molecule has 0 bridgehead atoms. The summed E-state index contributed by atoms with van der Waals surface area (Å²) in [7, 11) is 0. The van der Waals surface area contributed by atoms with Crippen LogP contribution < -0.4 is 10.2 Å². The number of amides is 2. The van der Waals surface area contributed by atoms with Crippen molar-refractivity contribution in [3.63, 3.8) is 0 Å². The molecule has 2 aromatic carbocycles. The minimum atomic E-state index is -0.126. The third-order valence-electron chi connectivity index (χ3n) is 3.65. The van der Waals surface area contributed by atoms with Crippen LogP contribution in [-0.2, 0) is 9.59 Å². The minimum Gasteiger partial charge on any atom is -0.325 e. The standard InChI is InChI=1S/C19H21BrN2O2/c1-13-5-4-6-16(11-13)22(15(3)23)10-9-19(24)21-18-8-7-14(2)12-17(18)20/h4-8,11-12H,9-10H2,1-3H3,(H,21,24). The predicted molar refractivity (Wildman–Crippen MR) is 101 cm³/mol. The molecule has 1 N–H and O–H groups in total. The highest BCUT2D eigenvalue weighted by molar-refractivity contribution is 9.10. The number of rotatable bonds is 5. The van der Waals surface area contributed by atoms with E-state index in [1.165, 1.54) is 6.92 Å². The zero-order chi connectivity index (χ0) is 17.7. The first-order chi connectivity index (χ1) is 11.4. The van der Waals surface area contributed by atoms with Gasteiger partial charge in [-0.15, -0.1) is 0 Å². The molecule has 4 nitrogen and oxygen atoms in total. The molecule has 0 aliphatic carbocycles. The number of anilines is 2. The lowest BCUT2D eigenvalue weighted by Crippen LogP contribution is -2.32. The molecule has 0 aliphatic heterocycles. The summed E-state index contributed by atoms with van der Waals surface area (Å²) in [5.74, 6) is -0.205. The summed E-state index contributed by atoms with van der Waals surface area (Å²) in [5.41, 5.74) is 3.73. The number of carbonyl (C=O) groups is 2. The summed E-state index contributed by atoms with van der Waals surface area (Å²) in [5, 5.41) is 2.87. The van der Waals surface area contributed by atoms with E-state index in [4.69, 9.17) is 0 Å². The number of carbonyl (C=O) groups excluding carboxylic acids is 2. The van der Waals surface area contributed by atoms with E-state index in [-0.39, 0.29) is 18.2 Å².